The van der Waals surface area contributed by atoms with Gasteiger partial charge in [-0.3, -0.25) is 4.99 Å². The lowest BCUT2D eigenvalue weighted by Crippen LogP contribution is -2.32. The first-order chi connectivity index (χ1) is 4.84. The van der Waals surface area contributed by atoms with Crippen molar-refractivity contribution in [2.75, 3.05) is 13.1 Å². The molecule has 10 heavy (non-hydrogen) atoms. The Morgan fingerprint density at radius 1 is 1.90 bits per heavy atom. The minimum Gasteiger partial charge on any atom is -0.411 e. The van der Waals surface area contributed by atoms with Gasteiger partial charge in [0.05, 0.1) is 18.6 Å². The number of hydrogen-bond donors (Lipinski definition) is 2. The molecule has 1 atom stereocenters. The van der Waals surface area contributed by atoms with Gasteiger partial charge in [0.15, 0.2) is 0 Å². The van der Waals surface area contributed by atoms with Gasteiger partial charge in [-0.05, 0) is 6.92 Å². The molecule has 0 fully saturated rings. The van der Waals surface area contributed by atoms with Crippen molar-refractivity contribution in [3.8, 4) is 0 Å². The number of nitrogens with zero attached hydrogens (tertiary/aromatic N) is 2. The molecule has 56 valence electrons. The molecule has 0 radical (unpaired) electrons. The standard InChI is InChI=1S/C6H11N3O/c1-5(9-10)6-2-7-4-8-3-6/h4,6,10H,2-3H2,1H3,(H,7,8)/b9-5+. The van der Waals surface area contributed by atoms with E-state index < -0.39 is 0 Å². The van der Waals surface area contributed by atoms with Crippen LogP contribution in [-0.4, -0.2) is 30.3 Å². The monoisotopic (exact) mass is 141 g/mol. The minimum absolute atomic E-state index is 0.259. The van der Waals surface area contributed by atoms with Crippen molar-refractivity contribution < 1.29 is 5.21 Å². The molecule has 1 rings (SSSR count). The summed E-state index contributed by atoms with van der Waals surface area (Å²) in [7, 11) is 0. The van der Waals surface area contributed by atoms with Gasteiger partial charge in [0.25, 0.3) is 0 Å². The maximum Gasteiger partial charge on any atom is 0.0824 e. The summed E-state index contributed by atoms with van der Waals surface area (Å²) in [5.74, 6) is 0.259. The van der Waals surface area contributed by atoms with Crippen LogP contribution in [0, 0.1) is 5.92 Å². The predicted octanol–water partition coefficient (Wildman–Crippen LogP) is 0.0842. The smallest absolute Gasteiger partial charge is 0.0824 e. The fourth-order valence-corrected chi connectivity index (χ4v) is 0.865. The van der Waals surface area contributed by atoms with Gasteiger partial charge in [0.1, 0.15) is 0 Å². The number of rotatable bonds is 1. The van der Waals surface area contributed by atoms with Crippen molar-refractivity contribution in [3.05, 3.63) is 0 Å². The Kier molecular flexibility index (Phi) is 2.25. The summed E-state index contributed by atoms with van der Waals surface area (Å²) in [4.78, 5) is 4.00. The van der Waals surface area contributed by atoms with E-state index in [-0.39, 0.29) is 5.92 Å². The third-order valence-corrected chi connectivity index (χ3v) is 1.62. The Hall–Kier alpha value is -1.06. The van der Waals surface area contributed by atoms with Gasteiger partial charge in [0, 0.05) is 12.5 Å². The van der Waals surface area contributed by atoms with Crippen LogP contribution in [-0.2, 0) is 0 Å². The molecule has 0 spiro atoms. The zero-order chi connectivity index (χ0) is 7.40. The molecule has 0 saturated carbocycles. The molecule has 2 N–H and O–H groups in total. The zero-order valence-corrected chi connectivity index (χ0v) is 5.91. The maximum atomic E-state index is 8.40. The first-order valence-corrected chi connectivity index (χ1v) is 3.25. The van der Waals surface area contributed by atoms with Crippen molar-refractivity contribution >= 4 is 12.1 Å². The zero-order valence-electron chi connectivity index (χ0n) is 5.91. The molecule has 4 nitrogen and oxygen atoms in total. The van der Waals surface area contributed by atoms with Crippen LogP contribution in [0.4, 0.5) is 0 Å². The van der Waals surface area contributed by atoms with E-state index in [0.29, 0.717) is 0 Å². The molecule has 1 aliphatic heterocycles. The van der Waals surface area contributed by atoms with Crippen LogP contribution >= 0.6 is 0 Å². The van der Waals surface area contributed by atoms with E-state index in [1.54, 1.807) is 13.3 Å². The summed E-state index contributed by atoms with van der Waals surface area (Å²) in [6.07, 6.45) is 1.68. The first kappa shape index (κ1) is 7.05. The largest absolute Gasteiger partial charge is 0.411 e. The Balaban J connectivity index is 2.49. The SMILES string of the molecule is C/C(=N\O)C1CN=CNC1. The third kappa shape index (κ3) is 1.46. The number of aliphatic imine (C=N–C) groups is 1. The van der Waals surface area contributed by atoms with Crippen LogP contribution in [0.2, 0.25) is 0 Å². The molecule has 0 aromatic rings. The van der Waals surface area contributed by atoms with Crippen LogP contribution in [0.3, 0.4) is 0 Å². The molecule has 4 heteroatoms. The highest BCUT2D eigenvalue weighted by Crippen LogP contribution is 2.01. The van der Waals surface area contributed by atoms with Gasteiger partial charge in [-0.15, -0.1) is 0 Å². The van der Waals surface area contributed by atoms with E-state index in [1.165, 1.54) is 0 Å². The van der Waals surface area contributed by atoms with Crippen molar-refractivity contribution in [2.24, 2.45) is 16.1 Å². The van der Waals surface area contributed by atoms with Crippen molar-refractivity contribution in [2.45, 2.75) is 6.92 Å². The second-order valence-electron chi connectivity index (χ2n) is 2.34. The molecule has 0 bridgehead atoms. The normalized spacial score (nSPS) is 26.1. The van der Waals surface area contributed by atoms with Crippen LogP contribution < -0.4 is 5.32 Å². The highest BCUT2D eigenvalue weighted by atomic mass is 16.4. The molecular weight excluding hydrogens is 130 g/mol. The summed E-state index contributed by atoms with van der Waals surface area (Å²) >= 11 is 0. The third-order valence-electron chi connectivity index (χ3n) is 1.62. The van der Waals surface area contributed by atoms with E-state index in [1.807, 2.05) is 0 Å². The molecule has 0 aromatic carbocycles. The second kappa shape index (κ2) is 3.20. The summed E-state index contributed by atoms with van der Waals surface area (Å²) in [6, 6.07) is 0. The van der Waals surface area contributed by atoms with Crippen LogP contribution in [0.15, 0.2) is 10.1 Å². The second-order valence-corrected chi connectivity index (χ2v) is 2.34. The topological polar surface area (TPSA) is 57.0 Å². The van der Waals surface area contributed by atoms with E-state index in [0.717, 1.165) is 18.8 Å². The molecule has 0 aromatic heterocycles. The number of nitrogens with one attached hydrogen (secondary N) is 1. The molecule has 1 unspecified atom stereocenters. The molecular formula is C6H11N3O. The lowest BCUT2D eigenvalue weighted by Gasteiger charge is -2.16. The summed E-state index contributed by atoms with van der Waals surface area (Å²) < 4.78 is 0. The van der Waals surface area contributed by atoms with Crippen LogP contribution in [0.1, 0.15) is 6.92 Å². The van der Waals surface area contributed by atoms with E-state index in [4.69, 9.17) is 5.21 Å². The van der Waals surface area contributed by atoms with Crippen molar-refractivity contribution in [1.82, 2.24) is 5.32 Å². The van der Waals surface area contributed by atoms with Gasteiger partial charge >= 0.3 is 0 Å². The first-order valence-electron chi connectivity index (χ1n) is 3.25. The molecule has 0 amide bonds. The van der Waals surface area contributed by atoms with Gasteiger partial charge in [0.2, 0.25) is 0 Å². The maximum absolute atomic E-state index is 8.40. The van der Waals surface area contributed by atoms with E-state index in [9.17, 15) is 0 Å². The van der Waals surface area contributed by atoms with Crippen molar-refractivity contribution in [3.63, 3.8) is 0 Å². The Morgan fingerprint density at radius 3 is 3.20 bits per heavy atom. The summed E-state index contributed by atoms with van der Waals surface area (Å²) in [5, 5.41) is 14.5. The molecule has 1 aliphatic rings. The minimum atomic E-state index is 0.259. The highest BCUT2D eigenvalue weighted by Gasteiger charge is 2.13. The van der Waals surface area contributed by atoms with Gasteiger partial charge in [-0.2, -0.15) is 0 Å². The quantitative estimate of drug-likeness (QED) is 0.309. The molecule has 1 heterocycles. The average Bonchev–Trinajstić information content (AvgIpc) is 2.05. The van der Waals surface area contributed by atoms with Gasteiger partial charge < -0.3 is 10.5 Å². The summed E-state index contributed by atoms with van der Waals surface area (Å²) in [5.41, 5.74) is 0.740. The molecule has 0 aliphatic carbocycles. The molecule has 0 saturated heterocycles. The van der Waals surface area contributed by atoms with Crippen LogP contribution in [0.25, 0.3) is 0 Å². The predicted molar refractivity (Wildman–Crippen MR) is 39.7 cm³/mol. The number of hydrogen-bond acceptors (Lipinski definition) is 4. The van der Waals surface area contributed by atoms with Crippen molar-refractivity contribution in [1.29, 1.82) is 0 Å². The highest BCUT2D eigenvalue weighted by molar-refractivity contribution is 5.85. The van der Waals surface area contributed by atoms with Crippen LogP contribution in [0.5, 0.6) is 0 Å². The Morgan fingerprint density at radius 2 is 2.70 bits per heavy atom. The lowest BCUT2D eigenvalue weighted by atomic mass is 10.0. The van der Waals surface area contributed by atoms with Gasteiger partial charge in [-0.25, -0.2) is 0 Å². The van der Waals surface area contributed by atoms with E-state index >= 15 is 0 Å². The Bertz CT molecular complexity index is 164. The van der Waals surface area contributed by atoms with E-state index in [2.05, 4.69) is 15.5 Å². The lowest BCUT2D eigenvalue weighted by molar-refractivity contribution is 0.314. The summed E-state index contributed by atoms with van der Waals surface area (Å²) in [6.45, 7) is 3.34. The van der Waals surface area contributed by atoms with Gasteiger partial charge in [-0.1, -0.05) is 5.16 Å². The fraction of sp³-hybridized carbons (Fsp3) is 0.667. The average molecular weight is 141 g/mol. The fourth-order valence-electron chi connectivity index (χ4n) is 0.865. The Labute approximate surface area is 59.6 Å². The number of oxime groups is 1.